The number of methoxy groups -OCH3 is 1. The van der Waals surface area contributed by atoms with Gasteiger partial charge in [0.05, 0.1) is 24.8 Å². The van der Waals surface area contributed by atoms with E-state index in [-0.39, 0.29) is 11.0 Å². The number of halogens is 1. The van der Waals surface area contributed by atoms with Gasteiger partial charge in [-0.3, -0.25) is 10.1 Å². The monoisotopic (exact) mass is 564 g/mol. The first kappa shape index (κ1) is 28.9. The minimum Gasteiger partial charge on any atom is -0.493 e. The molecule has 0 saturated heterocycles. The van der Waals surface area contributed by atoms with E-state index in [1.54, 1.807) is 25.3 Å². The van der Waals surface area contributed by atoms with Crippen LogP contribution in [0.1, 0.15) is 68.8 Å². The Kier molecular flexibility index (Phi) is 12.9. The highest BCUT2D eigenvalue weighted by molar-refractivity contribution is 9.10. The van der Waals surface area contributed by atoms with Gasteiger partial charge in [0.1, 0.15) is 5.75 Å². The van der Waals surface area contributed by atoms with Crippen molar-refractivity contribution in [3.05, 3.63) is 52.0 Å². The molecule has 2 aromatic rings. The first-order valence-electron chi connectivity index (χ1n) is 12.1. The van der Waals surface area contributed by atoms with Crippen molar-refractivity contribution in [3.8, 4) is 17.2 Å². The number of carbonyl (C=O) groups excluding carboxylic acids is 1. The summed E-state index contributed by atoms with van der Waals surface area (Å²) >= 11 is 8.81. The zero-order valence-corrected chi connectivity index (χ0v) is 23.5. The molecule has 0 fully saturated rings. The van der Waals surface area contributed by atoms with Crippen LogP contribution in [0.25, 0.3) is 0 Å². The number of carbonyl (C=O) groups is 1. The standard InChI is InChI=1S/C27H37BrN2O4S/c1-5-6-7-8-14-33-23-12-10-21(17-22(23)28)26(31)30-27(35)29-18-20-9-11-24(25(16-20)32-4)34-15-13-19(2)3/h9-12,16-17,19H,5-8,13-15,18H2,1-4H3,(H2,29,30,31,35). The van der Waals surface area contributed by atoms with Gasteiger partial charge in [0.25, 0.3) is 5.91 Å². The fourth-order valence-electron chi connectivity index (χ4n) is 3.22. The van der Waals surface area contributed by atoms with Crippen molar-refractivity contribution in [2.24, 2.45) is 5.92 Å². The van der Waals surface area contributed by atoms with Crippen LogP contribution in [-0.4, -0.2) is 31.3 Å². The van der Waals surface area contributed by atoms with E-state index in [0.717, 1.165) is 35.0 Å². The van der Waals surface area contributed by atoms with Crippen LogP contribution in [0.15, 0.2) is 40.9 Å². The lowest BCUT2D eigenvalue weighted by Crippen LogP contribution is -2.38. The molecule has 0 saturated carbocycles. The Hall–Kier alpha value is -2.32. The predicted molar refractivity (Wildman–Crippen MR) is 149 cm³/mol. The number of ether oxygens (including phenoxy) is 3. The van der Waals surface area contributed by atoms with Gasteiger partial charge in [0.2, 0.25) is 0 Å². The number of benzene rings is 2. The summed E-state index contributed by atoms with van der Waals surface area (Å²) in [6.45, 7) is 8.25. The average Bonchev–Trinajstić information content (AvgIpc) is 2.83. The average molecular weight is 566 g/mol. The first-order valence-corrected chi connectivity index (χ1v) is 13.3. The molecule has 0 aliphatic rings. The summed E-state index contributed by atoms with van der Waals surface area (Å²) in [4.78, 5) is 12.6. The quantitative estimate of drug-likeness (QED) is 0.198. The van der Waals surface area contributed by atoms with Gasteiger partial charge in [-0.1, -0.05) is 46.1 Å². The molecule has 0 unspecified atom stereocenters. The third-order valence-corrected chi connectivity index (χ3v) is 6.18. The van der Waals surface area contributed by atoms with E-state index in [1.807, 2.05) is 18.2 Å². The molecular formula is C27H37BrN2O4S. The topological polar surface area (TPSA) is 68.8 Å². The molecule has 0 aliphatic heterocycles. The number of hydrogen-bond donors (Lipinski definition) is 2. The van der Waals surface area contributed by atoms with Crippen molar-refractivity contribution < 1.29 is 19.0 Å². The van der Waals surface area contributed by atoms with Crippen molar-refractivity contribution >= 4 is 39.2 Å². The highest BCUT2D eigenvalue weighted by atomic mass is 79.9. The molecule has 0 spiro atoms. The molecule has 0 atom stereocenters. The molecule has 192 valence electrons. The zero-order chi connectivity index (χ0) is 25.6. The lowest BCUT2D eigenvalue weighted by Gasteiger charge is -2.14. The molecule has 8 heteroatoms. The summed E-state index contributed by atoms with van der Waals surface area (Å²) in [5, 5.41) is 6.04. The highest BCUT2D eigenvalue weighted by Gasteiger charge is 2.12. The van der Waals surface area contributed by atoms with Crippen LogP contribution in [0.3, 0.4) is 0 Å². The maximum atomic E-state index is 12.6. The van der Waals surface area contributed by atoms with Crippen molar-refractivity contribution in [1.29, 1.82) is 0 Å². The second-order valence-electron chi connectivity index (χ2n) is 8.71. The minimum atomic E-state index is -0.288. The van der Waals surface area contributed by atoms with Gasteiger partial charge in [0, 0.05) is 12.1 Å². The predicted octanol–water partition coefficient (Wildman–Crippen LogP) is 6.65. The Bertz CT molecular complexity index is 968. The third kappa shape index (κ3) is 10.4. The van der Waals surface area contributed by atoms with Crippen molar-refractivity contribution in [2.75, 3.05) is 20.3 Å². The molecule has 0 radical (unpaired) electrons. The summed E-state index contributed by atoms with van der Waals surface area (Å²) in [6.07, 6.45) is 5.55. The molecule has 2 aromatic carbocycles. The van der Waals surface area contributed by atoms with Gasteiger partial charge in [-0.05, 0) is 82.8 Å². The van der Waals surface area contributed by atoms with Crippen LogP contribution >= 0.6 is 28.1 Å². The number of nitrogens with one attached hydrogen (secondary N) is 2. The van der Waals surface area contributed by atoms with Gasteiger partial charge < -0.3 is 19.5 Å². The van der Waals surface area contributed by atoms with E-state index in [1.165, 1.54) is 12.8 Å². The van der Waals surface area contributed by atoms with E-state index in [0.29, 0.717) is 42.7 Å². The van der Waals surface area contributed by atoms with Crippen LogP contribution < -0.4 is 24.8 Å². The number of thiocarbonyl (C=S) groups is 1. The number of unbranched alkanes of at least 4 members (excludes halogenated alkanes) is 3. The van der Waals surface area contributed by atoms with Crippen LogP contribution in [0.2, 0.25) is 0 Å². The van der Waals surface area contributed by atoms with Crippen LogP contribution in [0.5, 0.6) is 17.2 Å². The Morgan fingerprint density at radius 2 is 1.74 bits per heavy atom. The lowest BCUT2D eigenvalue weighted by molar-refractivity contribution is 0.0976. The summed E-state index contributed by atoms with van der Waals surface area (Å²) in [5.74, 6) is 2.40. The second-order valence-corrected chi connectivity index (χ2v) is 9.97. The molecule has 0 bridgehead atoms. The van der Waals surface area contributed by atoms with E-state index in [9.17, 15) is 4.79 Å². The molecule has 6 nitrogen and oxygen atoms in total. The smallest absolute Gasteiger partial charge is 0.257 e. The SMILES string of the molecule is CCCCCCOc1ccc(C(=O)NC(=S)NCc2ccc(OCCC(C)C)c(OC)c2)cc1Br. The third-order valence-electron chi connectivity index (χ3n) is 5.31. The molecule has 1 amide bonds. The summed E-state index contributed by atoms with van der Waals surface area (Å²) in [6, 6.07) is 11.0. The molecular weight excluding hydrogens is 528 g/mol. The second kappa shape index (κ2) is 15.6. The van der Waals surface area contributed by atoms with E-state index in [2.05, 4.69) is 47.3 Å². The molecule has 0 aromatic heterocycles. The number of amides is 1. The van der Waals surface area contributed by atoms with Gasteiger partial charge >= 0.3 is 0 Å². The fraction of sp³-hybridized carbons (Fsp3) is 0.481. The van der Waals surface area contributed by atoms with E-state index in [4.69, 9.17) is 26.4 Å². The first-order chi connectivity index (χ1) is 16.8. The van der Waals surface area contributed by atoms with Crippen molar-refractivity contribution in [3.63, 3.8) is 0 Å². The Morgan fingerprint density at radius 3 is 2.43 bits per heavy atom. The maximum Gasteiger partial charge on any atom is 0.257 e. The number of hydrogen-bond acceptors (Lipinski definition) is 5. The van der Waals surface area contributed by atoms with Crippen LogP contribution in [-0.2, 0) is 6.54 Å². The summed E-state index contributed by atoms with van der Waals surface area (Å²) in [5.41, 5.74) is 1.45. The van der Waals surface area contributed by atoms with E-state index >= 15 is 0 Å². The Balaban J connectivity index is 1.84. The Labute approximate surface area is 223 Å². The zero-order valence-electron chi connectivity index (χ0n) is 21.1. The Morgan fingerprint density at radius 1 is 1.00 bits per heavy atom. The molecule has 0 aliphatic carbocycles. The summed E-state index contributed by atoms with van der Waals surface area (Å²) in [7, 11) is 1.62. The highest BCUT2D eigenvalue weighted by Crippen LogP contribution is 2.29. The number of rotatable bonds is 14. The molecule has 2 N–H and O–H groups in total. The van der Waals surface area contributed by atoms with Gasteiger partial charge in [-0.15, -0.1) is 0 Å². The van der Waals surface area contributed by atoms with E-state index < -0.39 is 0 Å². The van der Waals surface area contributed by atoms with Gasteiger partial charge in [-0.2, -0.15) is 0 Å². The lowest BCUT2D eigenvalue weighted by atomic mass is 10.1. The van der Waals surface area contributed by atoms with Crippen molar-refractivity contribution in [1.82, 2.24) is 10.6 Å². The van der Waals surface area contributed by atoms with Gasteiger partial charge in [0.15, 0.2) is 16.6 Å². The molecule has 0 heterocycles. The summed E-state index contributed by atoms with van der Waals surface area (Å²) < 4.78 is 17.8. The van der Waals surface area contributed by atoms with Crippen LogP contribution in [0, 0.1) is 5.92 Å². The largest absolute Gasteiger partial charge is 0.493 e. The van der Waals surface area contributed by atoms with Crippen molar-refractivity contribution in [2.45, 2.75) is 59.4 Å². The maximum absolute atomic E-state index is 12.6. The molecule has 35 heavy (non-hydrogen) atoms. The van der Waals surface area contributed by atoms with Gasteiger partial charge in [-0.25, -0.2) is 0 Å². The normalized spacial score (nSPS) is 10.7. The molecule has 2 rings (SSSR count). The van der Waals surface area contributed by atoms with Crippen LogP contribution in [0.4, 0.5) is 0 Å². The fourth-order valence-corrected chi connectivity index (χ4v) is 3.88. The minimum absolute atomic E-state index is 0.249.